The average molecular weight is 273 g/mol. The Balaban J connectivity index is 0.000000490. The van der Waals surface area contributed by atoms with E-state index < -0.39 is 0 Å². The van der Waals surface area contributed by atoms with Crippen molar-refractivity contribution < 1.29 is 31.6 Å². The summed E-state index contributed by atoms with van der Waals surface area (Å²) in [6, 6.07) is 9.87. The van der Waals surface area contributed by atoms with Gasteiger partial charge in [0.25, 0.3) is 0 Å². The molecule has 1 aromatic rings. The van der Waals surface area contributed by atoms with Gasteiger partial charge in [0.15, 0.2) is 0 Å². The number of rotatable bonds is 0. The Hall–Kier alpha value is 0.0501. The smallest absolute Gasteiger partial charge is 0.325 e. The zero-order valence-electron chi connectivity index (χ0n) is 4.59. The molecule has 0 bridgehead atoms. The fraction of sp³-hybridized carbons (Fsp3) is 0. The van der Waals surface area contributed by atoms with Crippen molar-refractivity contribution in [3.05, 3.63) is 30.3 Å². The van der Waals surface area contributed by atoms with Crippen LogP contribution in [0.1, 0.15) is 0 Å². The molecule has 8 heavy (non-hydrogen) atoms. The van der Waals surface area contributed by atoms with Crippen molar-refractivity contribution in [3.63, 3.8) is 0 Å². The van der Waals surface area contributed by atoms with Gasteiger partial charge in [-0.05, 0) is 12.1 Å². The van der Waals surface area contributed by atoms with Crippen molar-refractivity contribution in [1.82, 2.24) is 0 Å². The Bertz CT molecular complexity index is 138. The van der Waals surface area contributed by atoms with E-state index >= 15 is 0 Å². The Morgan fingerprint density at radius 1 is 1.00 bits per heavy atom. The zero-order valence-corrected chi connectivity index (χ0v) is 8.19. The monoisotopic (exact) mass is 274 g/mol. The van der Waals surface area contributed by atoms with Crippen molar-refractivity contribution >= 4 is 5.69 Å². The Morgan fingerprint density at radius 3 is 1.75 bits per heavy atom. The van der Waals surface area contributed by atoms with Gasteiger partial charge >= 0.3 is 25.8 Å². The number of benzene rings is 1. The fourth-order valence-corrected chi connectivity index (χ4v) is 0.478. The topological polar surface area (TPSA) is 27.6 Å². The van der Waals surface area contributed by atoms with Crippen molar-refractivity contribution in [3.8, 4) is 0 Å². The van der Waals surface area contributed by atoms with Gasteiger partial charge in [-0.1, -0.05) is 18.2 Å². The third-order valence-corrected chi connectivity index (χ3v) is 0.843. The zero-order chi connectivity index (χ0) is 5.11. The molecule has 0 aliphatic rings. The molecule has 2 heteroatoms. The minimum absolute atomic E-state index is 0. The molecule has 0 fully saturated rings. The standard InChI is InChI=1S/C6H7N.Hf/c7-6-4-2-1-3-5-6;/h1-5H,7H2;/q;+4/p+1. The van der Waals surface area contributed by atoms with Crippen molar-refractivity contribution in [2.75, 3.05) is 0 Å². The molecule has 3 N–H and O–H groups in total. The van der Waals surface area contributed by atoms with Crippen molar-refractivity contribution in [2.45, 2.75) is 0 Å². The molecular formula is C6H8HfN+5. The molecule has 0 amide bonds. The van der Waals surface area contributed by atoms with Crippen LogP contribution in [0.5, 0.6) is 0 Å². The molecule has 0 saturated carbocycles. The second kappa shape index (κ2) is 3.98. The molecule has 1 rings (SSSR count). The van der Waals surface area contributed by atoms with Gasteiger partial charge < -0.3 is 5.73 Å². The molecular weight excluding hydrogens is 265 g/mol. The van der Waals surface area contributed by atoms with E-state index in [2.05, 4.69) is 5.73 Å². The molecule has 0 atom stereocenters. The molecule has 1 nitrogen and oxygen atoms in total. The van der Waals surface area contributed by atoms with E-state index in [1.807, 2.05) is 30.3 Å². The van der Waals surface area contributed by atoms with E-state index in [9.17, 15) is 0 Å². The minimum Gasteiger partial charge on any atom is -0.325 e. The predicted octanol–water partition coefficient (Wildman–Crippen LogP) is 0.557. The van der Waals surface area contributed by atoms with Gasteiger partial charge in [-0.15, -0.1) is 0 Å². The summed E-state index contributed by atoms with van der Waals surface area (Å²) in [5.74, 6) is 0. The van der Waals surface area contributed by atoms with Crippen molar-refractivity contribution in [1.29, 1.82) is 0 Å². The second-order valence-corrected chi connectivity index (χ2v) is 1.49. The summed E-state index contributed by atoms with van der Waals surface area (Å²) in [4.78, 5) is 0. The van der Waals surface area contributed by atoms with Crippen LogP contribution in [-0.4, -0.2) is 0 Å². The summed E-state index contributed by atoms with van der Waals surface area (Å²) in [6.45, 7) is 0. The van der Waals surface area contributed by atoms with E-state index in [1.54, 1.807) is 0 Å². The van der Waals surface area contributed by atoms with Gasteiger partial charge in [-0.2, -0.15) is 0 Å². The molecule has 0 saturated heterocycles. The quantitative estimate of drug-likeness (QED) is 0.669. The summed E-state index contributed by atoms with van der Waals surface area (Å²) in [7, 11) is 0. The van der Waals surface area contributed by atoms with Gasteiger partial charge in [-0.25, -0.2) is 0 Å². The normalized spacial score (nSPS) is 7.62. The Kier molecular flexibility index (Phi) is 4.01. The first-order valence-corrected chi connectivity index (χ1v) is 2.26. The van der Waals surface area contributed by atoms with E-state index in [1.165, 1.54) is 0 Å². The van der Waals surface area contributed by atoms with Crippen LogP contribution < -0.4 is 5.73 Å². The minimum atomic E-state index is 0. The van der Waals surface area contributed by atoms with Crippen LogP contribution in [0.3, 0.4) is 0 Å². The van der Waals surface area contributed by atoms with E-state index in [0.29, 0.717) is 0 Å². The molecule has 0 aliphatic carbocycles. The number of hydrogen-bond acceptors (Lipinski definition) is 0. The van der Waals surface area contributed by atoms with E-state index in [-0.39, 0.29) is 25.8 Å². The van der Waals surface area contributed by atoms with Gasteiger partial charge in [0, 0.05) is 0 Å². The van der Waals surface area contributed by atoms with Crippen LogP contribution in [0.4, 0.5) is 5.69 Å². The van der Waals surface area contributed by atoms with Gasteiger partial charge in [0.05, 0.1) is 0 Å². The second-order valence-electron chi connectivity index (χ2n) is 1.49. The van der Waals surface area contributed by atoms with Crippen LogP contribution in [0.2, 0.25) is 0 Å². The maximum Gasteiger partial charge on any atom is 4.00 e. The maximum atomic E-state index is 3.72. The Labute approximate surface area is 67.7 Å². The van der Waals surface area contributed by atoms with Gasteiger partial charge in [-0.3, -0.25) is 0 Å². The van der Waals surface area contributed by atoms with Crippen LogP contribution in [-0.2, 0) is 25.8 Å². The first-order valence-electron chi connectivity index (χ1n) is 2.26. The summed E-state index contributed by atoms with van der Waals surface area (Å²) < 4.78 is 0. The SMILES string of the molecule is [Hf+4].[NH3+]c1ccccc1. The summed E-state index contributed by atoms with van der Waals surface area (Å²) in [5, 5.41) is 0. The molecule has 0 aliphatic heterocycles. The summed E-state index contributed by atoms with van der Waals surface area (Å²) >= 11 is 0. The molecule has 1 aromatic carbocycles. The predicted molar refractivity (Wildman–Crippen MR) is 29.0 cm³/mol. The van der Waals surface area contributed by atoms with Gasteiger partial charge in [0.1, 0.15) is 5.69 Å². The third kappa shape index (κ3) is 2.38. The van der Waals surface area contributed by atoms with E-state index in [0.717, 1.165) is 5.69 Å². The third-order valence-electron chi connectivity index (χ3n) is 0.843. The molecule has 0 radical (unpaired) electrons. The molecule has 0 heterocycles. The summed E-state index contributed by atoms with van der Waals surface area (Å²) in [6.07, 6.45) is 0. The van der Waals surface area contributed by atoms with Crippen LogP contribution in [0, 0.1) is 0 Å². The Morgan fingerprint density at radius 2 is 1.50 bits per heavy atom. The first kappa shape index (κ1) is 8.05. The summed E-state index contributed by atoms with van der Waals surface area (Å²) in [5.41, 5.74) is 4.79. The van der Waals surface area contributed by atoms with Crippen LogP contribution in [0.25, 0.3) is 0 Å². The first-order chi connectivity index (χ1) is 3.39. The molecule has 36 valence electrons. The van der Waals surface area contributed by atoms with Crippen molar-refractivity contribution in [2.24, 2.45) is 0 Å². The van der Waals surface area contributed by atoms with E-state index in [4.69, 9.17) is 0 Å². The van der Waals surface area contributed by atoms with Crippen LogP contribution in [0.15, 0.2) is 30.3 Å². The fourth-order valence-electron chi connectivity index (χ4n) is 0.478. The molecule has 0 aromatic heterocycles. The van der Waals surface area contributed by atoms with Gasteiger partial charge in [0.2, 0.25) is 0 Å². The largest absolute Gasteiger partial charge is 4.00 e. The molecule has 0 spiro atoms. The maximum absolute atomic E-state index is 3.72. The average Bonchev–Trinajstić information content (AvgIpc) is 1.69. The molecule has 0 unspecified atom stereocenters. The number of hydrogen-bond donors (Lipinski definition) is 1. The number of quaternary nitrogens is 1. The van der Waals surface area contributed by atoms with Crippen LogP contribution >= 0.6 is 0 Å².